The Labute approximate surface area is 121 Å². The molecule has 0 spiro atoms. The van der Waals surface area contributed by atoms with Crippen molar-refractivity contribution in [2.75, 3.05) is 10.6 Å². The lowest BCUT2D eigenvalue weighted by atomic mass is 10.2. The van der Waals surface area contributed by atoms with Crippen molar-refractivity contribution in [1.29, 1.82) is 5.26 Å². The first-order chi connectivity index (χ1) is 10.2. The molecule has 21 heavy (non-hydrogen) atoms. The van der Waals surface area contributed by atoms with E-state index in [2.05, 4.69) is 20.8 Å². The van der Waals surface area contributed by atoms with Crippen LogP contribution in [0.1, 0.15) is 28.9 Å². The maximum Gasteiger partial charge on any atom is 0.276 e. The lowest BCUT2D eigenvalue weighted by molar-refractivity contribution is 0.102. The zero-order valence-electron chi connectivity index (χ0n) is 11.2. The maximum atomic E-state index is 12.0. The van der Waals surface area contributed by atoms with Gasteiger partial charge < -0.3 is 10.6 Å². The molecule has 1 aromatic heterocycles. The molecule has 1 aliphatic carbocycles. The average molecular weight is 279 g/mol. The standard InChI is InChI=1S/C15H13N5O/c16-9-10-2-1-3-12(8-10)18-15(21)13-6-7-14(20-19-13)17-11-4-5-11/h1-3,6-8,11H,4-5H2,(H,17,20)(H,18,21). The highest BCUT2D eigenvalue weighted by molar-refractivity contribution is 6.02. The molecule has 1 aromatic carbocycles. The van der Waals surface area contributed by atoms with Crippen LogP contribution in [0.3, 0.4) is 0 Å². The first-order valence-electron chi connectivity index (χ1n) is 6.66. The highest BCUT2D eigenvalue weighted by Crippen LogP contribution is 2.23. The lowest BCUT2D eigenvalue weighted by Crippen LogP contribution is -2.15. The van der Waals surface area contributed by atoms with Gasteiger partial charge >= 0.3 is 0 Å². The Balaban J connectivity index is 1.68. The molecule has 0 bridgehead atoms. The smallest absolute Gasteiger partial charge is 0.276 e. The number of nitrogens with zero attached hydrogens (tertiary/aromatic N) is 3. The Bertz CT molecular complexity index is 701. The quantitative estimate of drug-likeness (QED) is 0.895. The third-order valence-corrected chi connectivity index (χ3v) is 3.08. The van der Waals surface area contributed by atoms with Gasteiger partial charge in [-0.15, -0.1) is 10.2 Å². The van der Waals surface area contributed by atoms with Gasteiger partial charge in [-0.1, -0.05) is 6.07 Å². The Morgan fingerprint density at radius 1 is 1.24 bits per heavy atom. The normalized spacial score (nSPS) is 13.3. The molecule has 1 fully saturated rings. The number of amides is 1. The summed E-state index contributed by atoms with van der Waals surface area (Å²) >= 11 is 0. The molecule has 0 unspecified atom stereocenters. The molecule has 104 valence electrons. The number of hydrogen-bond acceptors (Lipinski definition) is 5. The predicted octanol–water partition coefficient (Wildman–Crippen LogP) is 2.17. The highest BCUT2D eigenvalue weighted by atomic mass is 16.1. The second-order valence-corrected chi connectivity index (χ2v) is 4.87. The van der Waals surface area contributed by atoms with E-state index in [0.717, 1.165) is 12.8 Å². The van der Waals surface area contributed by atoms with E-state index in [1.807, 2.05) is 6.07 Å². The second-order valence-electron chi connectivity index (χ2n) is 4.87. The third kappa shape index (κ3) is 3.34. The van der Waals surface area contributed by atoms with Crippen LogP contribution in [-0.4, -0.2) is 22.1 Å². The molecule has 2 aromatic rings. The van der Waals surface area contributed by atoms with Crippen LogP contribution in [0.5, 0.6) is 0 Å². The molecule has 0 saturated heterocycles. The van der Waals surface area contributed by atoms with Crippen molar-refractivity contribution in [2.24, 2.45) is 0 Å². The Kier molecular flexibility index (Phi) is 3.48. The fourth-order valence-corrected chi connectivity index (χ4v) is 1.83. The van der Waals surface area contributed by atoms with Crippen LogP contribution in [-0.2, 0) is 0 Å². The number of aromatic nitrogens is 2. The molecule has 1 saturated carbocycles. The summed E-state index contributed by atoms with van der Waals surface area (Å²) in [6.07, 6.45) is 2.30. The molecule has 1 heterocycles. The van der Waals surface area contributed by atoms with E-state index in [-0.39, 0.29) is 11.6 Å². The molecule has 2 N–H and O–H groups in total. The minimum Gasteiger partial charge on any atom is -0.366 e. The fourth-order valence-electron chi connectivity index (χ4n) is 1.83. The van der Waals surface area contributed by atoms with Crippen LogP contribution in [0.25, 0.3) is 0 Å². The number of carbonyl (C=O) groups excluding carboxylic acids is 1. The SMILES string of the molecule is N#Cc1cccc(NC(=O)c2ccc(NC3CC3)nn2)c1. The lowest BCUT2D eigenvalue weighted by Gasteiger charge is -2.06. The molecule has 0 radical (unpaired) electrons. The summed E-state index contributed by atoms with van der Waals surface area (Å²) in [4.78, 5) is 12.0. The van der Waals surface area contributed by atoms with E-state index in [1.165, 1.54) is 0 Å². The molecule has 6 nitrogen and oxygen atoms in total. The van der Waals surface area contributed by atoms with Gasteiger partial charge in [0.25, 0.3) is 5.91 Å². The van der Waals surface area contributed by atoms with Gasteiger partial charge in [-0.25, -0.2) is 0 Å². The molecule has 0 aliphatic heterocycles. The van der Waals surface area contributed by atoms with Crippen LogP contribution < -0.4 is 10.6 Å². The number of hydrogen-bond donors (Lipinski definition) is 2. The van der Waals surface area contributed by atoms with Gasteiger partial charge in [-0.3, -0.25) is 4.79 Å². The largest absolute Gasteiger partial charge is 0.366 e. The number of rotatable bonds is 4. The van der Waals surface area contributed by atoms with Gasteiger partial charge in [-0.05, 0) is 43.2 Å². The zero-order chi connectivity index (χ0) is 14.7. The van der Waals surface area contributed by atoms with E-state index in [1.54, 1.807) is 36.4 Å². The topological polar surface area (TPSA) is 90.7 Å². The van der Waals surface area contributed by atoms with Crippen molar-refractivity contribution in [3.8, 4) is 6.07 Å². The van der Waals surface area contributed by atoms with Gasteiger partial charge in [0.05, 0.1) is 11.6 Å². The second kappa shape index (κ2) is 5.59. The number of nitriles is 1. The summed E-state index contributed by atoms with van der Waals surface area (Å²) in [7, 11) is 0. The van der Waals surface area contributed by atoms with Crippen LogP contribution in [0.4, 0.5) is 11.5 Å². The summed E-state index contributed by atoms with van der Waals surface area (Å²) < 4.78 is 0. The molecular weight excluding hydrogens is 266 g/mol. The van der Waals surface area contributed by atoms with E-state index in [4.69, 9.17) is 5.26 Å². The summed E-state index contributed by atoms with van der Waals surface area (Å²) in [5.74, 6) is 0.330. The van der Waals surface area contributed by atoms with Gasteiger partial charge in [0.1, 0.15) is 5.82 Å². The Morgan fingerprint density at radius 2 is 2.10 bits per heavy atom. The van der Waals surface area contributed by atoms with Crippen molar-refractivity contribution in [1.82, 2.24) is 10.2 Å². The minimum atomic E-state index is -0.351. The number of anilines is 2. The number of nitrogens with one attached hydrogen (secondary N) is 2. The van der Waals surface area contributed by atoms with Crippen LogP contribution in [0, 0.1) is 11.3 Å². The first kappa shape index (κ1) is 13.1. The molecule has 6 heteroatoms. The minimum absolute atomic E-state index is 0.235. The highest BCUT2D eigenvalue weighted by Gasteiger charge is 2.21. The Hall–Kier alpha value is -2.94. The van der Waals surface area contributed by atoms with Crippen molar-refractivity contribution < 1.29 is 4.79 Å². The van der Waals surface area contributed by atoms with Crippen molar-refractivity contribution in [3.05, 3.63) is 47.7 Å². The maximum absolute atomic E-state index is 12.0. The molecule has 1 amide bonds. The van der Waals surface area contributed by atoms with E-state index >= 15 is 0 Å². The van der Waals surface area contributed by atoms with Crippen LogP contribution >= 0.6 is 0 Å². The first-order valence-corrected chi connectivity index (χ1v) is 6.66. The van der Waals surface area contributed by atoms with Crippen molar-refractivity contribution in [2.45, 2.75) is 18.9 Å². The summed E-state index contributed by atoms with van der Waals surface area (Å²) in [5, 5.41) is 22.6. The zero-order valence-corrected chi connectivity index (χ0v) is 11.2. The summed E-state index contributed by atoms with van der Waals surface area (Å²) in [5.41, 5.74) is 1.28. The van der Waals surface area contributed by atoms with Crippen LogP contribution in [0.2, 0.25) is 0 Å². The number of carbonyl (C=O) groups is 1. The van der Waals surface area contributed by atoms with E-state index in [0.29, 0.717) is 23.1 Å². The van der Waals surface area contributed by atoms with Crippen molar-refractivity contribution in [3.63, 3.8) is 0 Å². The molecule has 3 rings (SSSR count). The molecule has 1 aliphatic rings. The van der Waals surface area contributed by atoms with Gasteiger partial charge in [0, 0.05) is 11.7 Å². The fraction of sp³-hybridized carbons (Fsp3) is 0.200. The molecular formula is C15H13N5O. The summed E-state index contributed by atoms with van der Waals surface area (Å²) in [6, 6.07) is 12.6. The van der Waals surface area contributed by atoms with Gasteiger partial charge in [0.15, 0.2) is 5.69 Å². The van der Waals surface area contributed by atoms with Crippen molar-refractivity contribution >= 4 is 17.4 Å². The van der Waals surface area contributed by atoms with Crippen LogP contribution in [0.15, 0.2) is 36.4 Å². The number of benzene rings is 1. The van der Waals surface area contributed by atoms with E-state index < -0.39 is 0 Å². The predicted molar refractivity (Wildman–Crippen MR) is 77.8 cm³/mol. The summed E-state index contributed by atoms with van der Waals surface area (Å²) in [6.45, 7) is 0. The van der Waals surface area contributed by atoms with E-state index in [9.17, 15) is 4.79 Å². The van der Waals surface area contributed by atoms with Gasteiger partial charge in [-0.2, -0.15) is 5.26 Å². The average Bonchev–Trinajstić information content (AvgIpc) is 3.32. The van der Waals surface area contributed by atoms with Gasteiger partial charge in [0.2, 0.25) is 0 Å². The Morgan fingerprint density at radius 3 is 2.76 bits per heavy atom. The monoisotopic (exact) mass is 279 g/mol. The third-order valence-electron chi connectivity index (χ3n) is 3.08. The molecule has 0 atom stereocenters.